The number of aromatic amines is 1. The number of nitrogens with one attached hydrogen (secondary N) is 2. The van der Waals surface area contributed by atoms with Gasteiger partial charge in [0.05, 0.1) is 17.8 Å². The molecule has 0 bridgehead atoms. The summed E-state index contributed by atoms with van der Waals surface area (Å²) in [6.45, 7) is 5.11. The number of ether oxygens (including phenoxy) is 3. The molecular formula is C24H30N2O3. The molecule has 0 amide bonds. The maximum Gasteiger partial charge on any atom is 0.154 e. The molecule has 0 spiro atoms. The first-order valence-corrected chi connectivity index (χ1v) is 10.4. The van der Waals surface area contributed by atoms with E-state index in [0.717, 1.165) is 55.1 Å². The van der Waals surface area contributed by atoms with Crippen LogP contribution in [0.5, 0.6) is 0 Å². The van der Waals surface area contributed by atoms with Gasteiger partial charge in [0, 0.05) is 37.9 Å². The number of aromatic nitrogens is 1. The molecule has 0 radical (unpaired) electrons. The number of hydrogen-bond acceptors (Lipinski definition) is 4. The number of H-pyrrole nitrogens is 1. The van der Waals surface area contributed by atoms with E-state index in [-0.39, 0.29) is 6.29 Å². The van der Waals surface area contributed by atoms with Crippen LogP contribution in [-0.4, -0.2) is 38.1 Å². The van der Waals surface area contributed by atoms with Gasteiger partial charge in [0.25, 0.3) is 0 Å². The summed E-state index contributed by atoms with van der Waals surface area (Å²) in [6, 6.07) is 17.0. The minimum atomic E-state index is -0.226. The highest BCUT2D eigenvalue weighted by molar-refractivity contribution is 5.95. The van der Waals surface area contributed by atoms with Crippen LogP contribution >= 0.6 is 0 Å². The lowest BCUT2D eigenvalue weighted by molar-refractivity contribution is -0.118. The van der Waals surface area contributed by atoms with Crippen LogP contribution in [0.15, 0.2) is 48.5 Å². The van der Waals surface area contributed by atoms with Gasteiger partial charge in [-0.1, -0.05) is 30.3 Å². The van der Waals surface area contributed by atoms with Crippen LogP contribution in [0.1, 0.15) is 25.3 Å². The van der Waals surface area contributed by atoms with E-state index >= 15 is 0 Å². The Morgan fingerprint density at radius 3 is 2.69 bits per heavy atom. The molecule has 4 rings (SSSR count). The van der Waals surface area contributed by atoms with E-state index in [9.17, 15) is 0 Å². The standard InChI is InChI=1S/C24H30N2O3/c1-17(27-2)29-16-19-12-21-14-22(20-6-4-3-5-7-20)26-24(21)23(13-19)25-15-18-8-10-28-11-9-18/h3-7,12-14,17-18,25-26H,8-11,15-16H2,1-2H3. The Hall–Kier alpha value is -2.34. The van der Waals surface area contributed by atoms with Crippen molar-refractivity contribution in [1.82, 2.24) is 4.98 Å². The van der Waals surface area contributed by atoms with E-state index in [1.165, 1.54) is 10.9 Å². The van der Waals surface area contributed by atoms with Crippen molar-refractivity contribution in [2.75, 3.05) is 32.2 Å². The molecule has 1 aliphatic rings. The van der Waals surface area contributed by atoms with Crippen molar-refractivity contribution in [2.45, 2.75) is 32.7 Å². The minimum Gasteiger partial charge on any atom is -0.383 e. The summed E-state index contributed by atoms with van der Waals surface area (Å²) in [5.41, 5.74) is 5.71. The highest BCUT2D eigenvalue weighted by Crippen LogP contribution is 2.31. The average Bonchev–Trinajstić information content (AvgIpc) is 3.21. The Morgan fingerprint density at radius 2 is 1.93 bits per heavy atom. The Bertz CT molecular complexity index is 917. The highest BCUT2D eigenvalue weighted by atomic mass is 16.7. The fourth-order valence-electron chi connectivity index (χ4n) is 3.79. The largest absolute Gasteiger partial charge is 0.383 e. The first kappa shape index (κ1) is 20.0. The fourth-order valence-corrected chi connectivity index (χ4v) is 3.79. The van der Waals surface area contributed by atoms with Crippen molar-refractivity contribution in [1.29, 1.82) is 0 Å². The third-order valence-corrected chi connectivity index (χ3v) is 5.61. The maximum absolute atomic E-state index is 5.79. The second-order valence-corrected chi connectivity index (χ2v) is 7.71. The molecule has 29 heavy (non-hydrogen) atoms. The topological polar surface area (TPSA) is 55.5 Å². The molecular weight excluding hydrogens is 364 g/mol. The highest BCUT2D eigenvalue weighted by Gasteiger charge is 2.15. The van der Waals surface area contributed by atoms with E-state index in [1.54, 1.807) is 7.11 Å². The third kappa shape index (κ3) is 4.99. The van der Waals surface area contributed by atoms with Crippen LogP contribution in [0.3, 0.4) is 0 Å². The normalized spacial score (nSPS) is 16.2. The summed E-state index contributed by atoms with van der Waals surface area (Å²) < 4.78 is 16.5. The Kier molecular flexibility index (Phi) is 6.49. The predicted octanol–water partition coefficient (Wildman–Crippen LogP) is 5.18. The van der Waals surface area contributed by atoms with Gasteiger partial charge < -0.3 is 24.5 Å². The molecule has 0 saturated carbocycles. The first-order valence-electron chi connectivity index (χ1n) is 10.4. The number of anilines is 1. The van der Waals surface area contributed by atoms with Crippen LogP contribution in [-0.2, 0) is 20.8 Å². The van der Waals surface area contributed by atoms with Gasteiger partial charge in [-0.15, -0.1) is 0 Å². The molecule has 2 N–H and O–H groups in total. The quantitative estimate of drug-likeness (QED) is 0.517. The average molecular weight is 395 g/mol. The second-order valence-electron chi connectivity index (χ2n) is 7.71. The summed E-state index contributed by atoms with van der Waals surface area (Å²) in [5, 5.41) is 4.88. The number of hydrogen-bond donors (Lipinski definition) is 2. The molecule has 1 unspecified atom stereocenters. The lowest BCUT2D eigenvalue weighted by Crippen LogP contribution is -2.22. The molecule has 2 heterocycles. The molecule has 5 heteroatoms. The molecule has 1 aromatic heterocycles. The molecule has 154 valence electrons. The second kappa shape index (κ2) is 9.44. The molecule has 1 atom stereocenters. The SMILES string of the molecule is COC(C)OCc1cc(NCC2CCOCC2)c2[nH]c(-c3ccccc3)cc2c1. The van der Waals surface area contributed by atoms with Crippen LogP contribution in [0.2, 0.25) is 0 Å². The zero-order valence-electron chi connectivity index (χ0n) is 17.2. The molecule has 1 fully saturated rings. The minimum absolute atomic E-state index is 0.226. The van der Waals surface area contributed by atoms with Gasteiger partial charge in [0.2, 0.25) is 0 Å². The van der Waals surface area contributed by atoms with Crippen molar-refractivity contribution < 1.29 is 14.2 Å². The van der Waals surface area contributed by atoms with E-state index in [2.05, 4.69) is 52.8 Å². The molecule has 1 saturated heterocycles. The predicted molar refractivity (Wildman–Crippen MR) is 117 cm³/mol. The maximum atomic E-state index is 5.79. The summed E-state index contributed by atoms with van der Waals surface area (Å²) in [4.78, 5) is 3.62. The van der Waals surface area contributed by atoms with Crippen LogP contribution in [0.4, 0.5) is 5.69 Å². The zero-order valence-corrected chi connectivity index (χ0v) is 17.2. The van der Waals surface area contributed by atoms with Crippen molar-refractivity contribution >= 4 is 16.6 Å². The number of benzene rings is 2. The first-order chi connectivity index (χ1) is 14.2. The molecule has 5 nitrogen and oxygen atoms in total. The lowest BCUT2D eigenvalue weighted by atomic mass is 10.00. The lowest BCUT2D eigenvalue weighted by Gasteiger charge is -2.23. The summed E-state index contributed by atoms with van der Waals surface area (Å²) in [6.07, 6.45) is 2.00. The van der Waals surface area contributed by atoms with Gasteiger partial charge >= 0.3 is 0 Å². The molecule has 3 aromatic rings. The number of fused-ring (bicyclic) bond motifs is 1. The van der Waals surface area contributed by atoms with Gasteiger partial charge in [0.1, 0.15) is 0 Å². The van der Waals surface area contributed by atoms with Crippen molar-refractivity contribution in [3.63, 3.8) is 0 Å². The number of methoxy groups -OCH3 is 1. The van der Waals surface area contributed by atoms with Gasteiger partial charge in [0.15, 0.2) is 6.29 Å². The van der Waals surface area contributed by atoms with Crippen molar-refractivity contribution in [2.24, 2.45) is 5.92 Å². The number of rotatable bonds is 8. The smallest absolute Gasteiger partial charge is 0.154 e. The van der Waals surface area contributed by atoms with E-state index in [0.29, 0.717) is 12.5 Å². The van der Waals surface area contributed by atoms with Gasteiger partial charge in [-0.3, -0.25) is 0 Å². The van der Waals surface area contributed by atoms with Crippen LogP contribution in [0.25, 0.3) is 22.2 Å². The molecule has 2 aromatic carbocycles. The van der Waals surface area contributed by atoms with Crippen molar-refractivity contribution in [3.8, 4) is 11.3 Å². The molecule has 0 aliphatic carbocycles. The van der Waals surface area contributed by atoms with E-state index in [4.69, 9.17) is 14.2 Å². The van der Waals surface area contributed by atoms with Gasteiger partial charge in [-0.05, 0) is 55.0 Å². The summed E-state index contributed by atoms with van der Waals surface area (Å²) in [5.74, 6) is 0.649. The van der Waals surface area contributed by atoms with Crippen LogP contribution in [0, 0.1) is 5.92 Å². The Balaban J connectivity index is 1.62. The van der Waals surface area contributed by atoms with Gasteiger partial charge in [-0.2, -0.15) is 0 Å². The molecule has 1 aliphatic heterocycles. The monoisotopic (exact) mass is 394 g/mol. The van der Waals surface area contributed by atoms with Crippen molar-refractivity contribution in [3.05, 3.63) is 54.1 Å². The summed E-state index contributed by atoms with van der Waals surface area (Å²) >= 11 is 0. The Labute approximate surface area is 172 Å². The fraction of sp³-hybridized carbons (Fsp3) is 0.417. The van der Waals surface area contributed by atoms with E-state index < -0.39 is 0 Å². The zero-order chi connectivity index (χ0) is 20.1. The third-order valence-electron chi connectivity index (χ3n) is 5.61. The van der Waals surface area contributed by atoms with Crippen LogP contribution < -0.4 is 5.32 Å². The van der Waals surface area contributed by atoms with Gasteiger partial charge in [-0.25, -0.2) is 0 Å². The summed E-state index contributed by atoms with van der Waals surface area (Å²) in [7, 11) is 1.66. The Morgan fingerprint density at radius 1 is 1.14 bits per heavy atom. The van der Waals surface area contributed by atoms with E-state index in [1.807, 2.05) is 13.0 Å².